The van der Waals surface area contributed by atoms with E-state index in [9.17, 15) is 4.79 Å². The zero-order valence-corrected chi connectivity index (χ0v) is 19.8. The number of aliphatic imine (C=N–C) groups is 1. The van der Waals surface area contributed by atoms with Crippen LogP contribution in [0.3, 0.4) is 0 Å². The third kappa shape index (κ3) is 10.1. The second-order valence-corrected chi connectivity index (χ2v) is 7.82. The quantitative estimate of drug-likeness (QED) is 0.359. The number of thioether (sulfide) groups is 1. The first-order valence-corrected chi connectivity index (χ1v) is 10.8. The molecule has 0 heterocycles. The molecule has 2 aromatic rings. The minimum absolute atomic E-state index is 0.0574. The lowest BCUT2D eigenvalue weighted by atomic mass is 9.96. The lowest BCUT2D eigenvalue weighted by Crippen LogP contribution is -2.07. The van der Waals surface area contributed by atoms with Gasteiger partial charge in [-0.1, -0.05) is 92.3 Å². The summed E-state index contributed by atoms with van der Waals surface area (Å²) in [5.41, 5.74) is 6.61. The zero-order chi connectivity index (χ0) is 22.4. The molecule has 3 heteroatoms. The Morgan fingerprint density at radius 2 is 1.45 bits per heavy atom. The second kappa shape index (κ2) is 14.6. The predicted molar refractivity (Wildman–Crippen MR) is 134 cm³/mol. The van der Waals surface area contributed by atoms with Gasteiger partial charge in [-0.05, 0) is 63.6 Å². The fourth-order valence-corrected chi connectivity index (χ4v) is 2.97. The van der Waals surface area contributed by atoms with Crippen LogP contribution < -0.4 is 0 Å². The molecule has 0 spiro atoms. The number of hydrogen-bond donors (Lipinski definition) is 0. The van der Waals surface area contributed by atoms with E-state index in [0.29, 0.717) is 5.03 Å². The highest BCUT2D eigenvalue weighted by Gasteiger charge is 2.08. The lowest BCUT2D eigenvalue weighted by Gasteiger charge is -2.09. The van der Waals surface area contributed by atoms with E-state index in [1.807, 2.05) is 20.8 Å². The van der Waals surface area contributed by atoms with Crippen LogP contribution in [0.5, 0.6) is 0 Å². The SMILES string of the molecule is C/C(=C(\C)c1cccc(C)c1)c1ccccc1.C=NC(=C)SC(C)C(C)=O.CC. The molecule has 0 bridgehead atoms. The summed E-state index contributed by atoms with van der Waals surface area (Å²) < 4.78 is 0. The molecule has 1 unspecified atom stereocenters. The highest BCUT2D eigenvalue weighted by atomic mass is 32.2. The number of carbonyl (C=O) groups excluding carboxylic acids is 1. The summed E-state index contributed by atoms with van der Waals surface area (Å²) in [7, 11) is 0. The monoisotopic (exact) mass is 409 g/mol. The van der Waals surface area contributed by atoms with Crippen molar-refractivity contribution in [2.75, 3.05) is 0 Å². The molecule has 0 radical (unpaired) electrons. The Labute approximate surface area is 181 Å². The third-order valence-electron chi connectivity index (χ3n) is 4.28. The molecule has 156 valence electrons. The summed E-state index contributed by atoms with van der Waals surface area (Å²) in [6, 6.07) is 19.2. The van der Waals surface area contributed by atoms with Gasteiger partial charge < -0.3 is 0 Å². The van der Waals surface area contributed by atoms with Crippen LogP contribution in [-0.2, 0) is 4.79 Å². The average Bonchev–Trinajstić information content (AvgIpc) is 2.75. The molecule has 0 amide bonds. The van der Waals surface area contributed by atoms with E-state index in [2.05, 4.69) is 93.7 Å². The highest BCUT2D eigenvalue weighted by molar-refractivity contribution is 8.04. The molecule has 0 aromatic heterocycles. The Hall–Kier alpha value is -2.39. The maximum absolute atomic E-state index is 10.7. The van der Waals surface area contributed by atoms with Gasteiger partial charge >= 0.3 is 0 Å². The van der Waals surface area contributed by atoms with Crippen LogP contribution in [0.4, 0.5) is 0 Å². The van der Waals surface area contributed by atoms with Gasteiger partial charge in [-0.25, -0.2) is 0 Å². The minimum atomic E-state index is -0.0574. The second-order valence-electron chi connectivity index (χ2n) is 6.41. The van der Waals surface area contributed by atoms with Crippen LogP contribution in [0.15, 0.2) is 71.2 Å². The molecule has 2 nitrogen and oxygen atoms in total. The Morgan fingerprint density at radius 3 is 1.93 bits per heavy atom. The number of rotatable bonds is 6. The number of hydrogen-bond acceptors (Lipinski definition) is 3. The van der Waals surface area contributed by atoms with Gasteiger partial charge in [-0.3, -0.25) is 9.79 Å². The lowest BCUT2D eigenvalue weighted by molar-refractivity contribution is -0.116. The fraction of sp³-hybridized carbons (Fsp3) is 0.308. The maximum atomic E-state index is 10.7. The summed E-state index contributed by atoms with van der Waals surface area (Å²) >= 11 is 1.33. The Morgan fingerprint density at radius 1 is 0.931 bits per heavy atom. The number of Topliss-reactive ketones (excluding diaryl/α,β-unsaturated/α-hetero) is 1. The van der Waals surface area contributed by atoms with Crippen LogP contribution in [0.25, 0.3) is 11.1 Å². The summed E-state index contributed by atoms with van der Waals surface area (Å²) in [4.78, 5) is 14.2. The molecule has 0 N–H and O–H groups in total. The fourth-order valence-electron chi connectivity index (χ4n) is 2.32. The standard InChI is InChI=1S/C17H18.C7H11NOS.C2H6/c1-13-8-7-11-17(12-13)15(3)14(2)16-9-5-4-6-10-16;1-5(9)6(2)10-7(3)8-4;1-2/h4-12H,1-3H3;6H,3-4H2,1-2H3;1-2H3/b15-14-;;. The van der Waals surface area contributed by atoms with Crippen LogP contribution >= 0.6 is 11.8 Å². The van der Waals surface area contributed by atoms with E-state index in [4.69, 9.17) is 0 Å². The van der Waals surface area contributed by atoms with Gasteiger partial charge in [0.15, 0.2) is 0 Å². The molecule has 0 saturated carbocycles. The zero-order valence-electron chi connectivity index (χ0n) is 19.0. The van der Waals surface area contributed by atoms with Crippen LogP contribution in [0.1, 0.15) is 58.2 Å². The van der Waals surface area contributed by atoms with Gasteiger partial charge in [-0.15, -0.1) is 0 Å². The molecule has 2 rings (SSSR count). The molecule has 0 fully saturated rings. The highest BCUT2D eigenvalue weighted by Crippen LogP contribution is 2.25. The Bertz CT molecular complexity index is 822. The van der Waals surface area contributed by atoms with Crippen molar-refractivity contribution in [3.63, 3.8) is 0 Å². The molecule has 29 heavy (non-hydrogen) atoms. The van der Waals surface area contributed by atoms with Crippen LogP contribution in [0.2, 0.25) is 0 Å². The summed E-state index contributed by atoms with van der Waals surface area (Å²) in [6.07, 6.45) is 0. The van der Waals surface area contributed by atoms with Crippen LogP contribution in [-0.4, -0.2) is 17.8 Å². The van der Waals surface area contributed by atoms with Gasteiger partial charge in [0, 0.05) is 0 Å². The number of benzene rings is 2. The molecular formula is C26H35NOS. The molecule has 0 saturated heterocycles. The number of aryl methyl sites for hydroxylation is 1. The first kappa shape index (κ1) is 26.6. The van der Waals surface area contributed by atoms with E-state index in [1.165, 1.54) is 39.6 Å². The van der Waals surface area contributed by atoms with Crippen molar-refractivity contribution >= 4 is 35.4 Å². The molecule has 0 aliphatic rings. The molecular weight excluding hydrogens is 374 g/mol. The summed E-state index contributed by atoms with van der Waals surface area (Å²) in [5, 5.41) is 0.542. The van der Waals surface area contributed by atoms with E-state index < -0.39 is 0 Å². The third-order valence-corrected chi connectivity index (χ3v) is 5.37. The smallest absolute Gasteiger partial charge is 0.142 e. The van der Waals surface area contributed by atoms with Crippen molar-refractivity contribution in [3.05, 3.63) is 82.9 Å². The first-order valence-electron chi connectivity index (χ1n) is 9.89. The van der Waals surface area contributed by atoms with Crippen molar-refractivity contribution in [2.45, 2.75) is 53.7 Å². The molecule has 2 aromatic carbocycles. The summed E-state index contributed by atoms with van der Waals surface area (Å²) in [5.74, 6) is 0.134. The number of ketones is 1. The molecule has 0 aliphatic carbocycles. The number of allylic oxidation sites excluding steroid dienone is 2. The Balaban J connectivity index is 0.000000563. The Kier molecular flexibility index (Phi) is 13.4. The average molecular weight is 410 g/mol. The van der Waals surface area contributed by atoms with Gasteiger partial charge in [0.25, 0.3) is 0 Å². The van der Waals surface area contributed by atoms with Crippen molar-refractivity contribution in [2.24, 2.45) is 4.99 Å². The number of carbonyl (C=O) groups is 1. The summed E-state index contributed by atoms with van der Waals surface area (Å²) in [6.45, 7) is 20.8. The molecule has 1 atom stereocenters. The van der Waals surface area contributed by atoms with Crippen molar-refractivity contribution in [3.8, 4) is 0 Å². The van der Waals surface area contributed by atoms with E-state index in [-0.39, 0.29) is 11.0 Å². The van der Waals surface area contributed by atoms with E-state index in [1.54, 1.807) is 6.92 Å². The predicted octanol–water partition coefficient (Wildman–Crippen LogP) is 7.84. The molecule has 0 aliphatic heterocycles. The van der Waals surface area contributed by atoms with Crippen molar-refractivity contribution in [1.29, 1.82) is 0 Å². The van der Waals surface area contributed by atoms with Gasteiger partial charge in [0.1, 0.15) is 5.78 Å². The van der Waals surface area contributed by atoms with E-state index in [0.717, 1.165) is 0 Å². The normalized spacial score (nSPS) is 11.6. The van der Waals surface area contributed by atoms with Crippen molar-refractivity contribution in [1.82, 2.24) is 0 Å². The van der Waals surface area contributed by atoms with Gasteiger partial charge in [-0.2, -0.15) is 0 Å². The van der Waals surface area contributed by atoms with Crippen LogP contribution in [0, 0.1) is 6.92 Å². The number of nitrogens with zero attached hydrogens (tertiary/aromatic N) is 1. The van der Waals surface area contributed by atoms with E-state index >= 15 is 0 Å². The topological polar surface area (TPSA) is 29.4 Å². The minimum Gasteiger partial charge on any atom is -0.299 e. The first-order chi connectivity index (χ1) is 13.8. The van der Waals surface area contributed by atoms with Gasteiger partial charge in [0.05, 0.1) is 10.3 Å². The largest absolute Gasteiger partial charge is 0.299 e. The van der Waals surface area contributed by atoms with Gasteiger partial charge in [0.2, 0.25) is 0 Å². The maximum Gasteiger partial charge on any atom is 0.142 e. The van der Waals surface area contributed by atoms with Crippen molar-refractivity contribution < 1.29 is 4.79 Å².